The maximum Gasteiger partial charge on any atom is 0.241 e. The number of piperazine rings is 1. The van der Waals surface area contributed by atoms with Gasteiger partial charge in [-0.15, -0.1) is 0 Å². The van der Waals surface area contributed by atoms with Crippen molar-refractivity contribution < 1.29 is 4.79 Å². The molecular weight excluding hydrogens is 326 g/mol. The number of anilines is 2. The molecule has 0 saturated carbocycles. The summed E-state index contributed by atoms with van der Waals surface area (Å²) in [6, 6.07) is 9.18. The van der Waals surface area contributed by atoms with Crippen LogP contribution in [0, 0.1) is 0 Å². The van der Waals surface area contributed by atoms with Crippen LogP contribution in [0.5, 0.6) is 0 Å². The van der Waals surface area contributed by atoms with Crippen molar-refractivity contribution in [1.29, 1.82) is 0 Å². The first-order valence-electron chi connectivity index (χ1n) is 7.96. The fraction of sp³-hybridized carbons (Fsp3) is 0.353. The highest BCUT2D eigenvalue weighted by Crippen LogP contribution is 2.19. The number of halogens is 1. The van der Waals surface area contributed by atoms with Gasteiger partial charge in [0.1, 0.15) is 5.82 Å². The lowest BCUT2D eigenvalue weighted by Gasteiger charge is -2.37. The van der Waals surface area contributed by atoms with Crippen molar-refractivity contribution in [2.24, 2.45) is 0 Å². The Morgan fingerprint density at radius 3 is 2.54 bits per heavy atom. The van der Waals surface area contributed by atoms with Crippen LogP contribution in [0.4, 0.5) is 11.5 Å². The van der Waals surface area contributed by atoms with E-state index in [2.05, 4.69) is 25.1 Å². The van der Waals surface area contributed by atoms with E-state index in [9.17, 15) is 4.79 Å². The minimum Gasteiger partial charge on any atom is -0.354 e. The fourth-order valence-electron chi connectivity index (χ4n) is 2.76. The highest BCUT2D eigenvalue weighted by atomic mass is 35.5. The predicted molar refractivity (Wildman–Crippen MR) is 95.4 cm³/mol. The Labute approximate surface area is 146 Å². The van der Waals surface area contributed by atoms with Gasteiger partial charge in [-0.25, -0.2) is 9.97 Å². The Hall–Kier alpha value is -2.18. The maximum atomic E-state index is 12.5. The van der Waals surface area contributed by atoms with Gasteiger partial charge < -0.3 is 10.2 Å². The van der Waals surface area contributed by atoms with Crippen LogP contribution in [0.3, 0.4) is 0 Å². The van der Waals surface area contributed by atoms with Crippen LogP contribution in [0.1, 0.15) is 6.92 Å². The van der Waals surface area contributed by atoms with Crippen molar-refractivity contribution >= 4 is 29.0 Å². The third kappa shape index (κ3) is 3.83. The average Bonchev–Trinajstić information content (AvgIpc) is 2.64. The quantitative estimate of drug-likeness (QED) is 0.861. The normalized spacial score (nSPS) is 16.7. The number of aromatic nitrogens is 2. The first kappa shape index (κ1) is 16.7. The van der Waals surface area contributed by atoms with E-state index in [-0.39, 0.29) is 11.9 Å². The second-order valence-electron chi connectivity index (χ2n) is 5.72. The first-order chi connectivity index (χ1) is 11.6. The molecule has 1 aliphatic heterocycles. The van der Waals surface area contributed by atoms with Crippen LogP contribution in [0.25, 0.3) is 0 Å². The summed E-state index contributed by atoms with van der Waals surface area (Å²) in [4.78, 5) is 25.2. The zero-order valence-electron chi connectivity index (χ0n) is 13.5. The van der Waals surface area contributed by atoms with Gasteiger partial charge in [0.25, 0.3) is 0 Å². The number of hydrogen-bond acceptors (Lipinski definition) is 5. The third-order valence-electron chi connectivity index (χ3n) is 4.23. The summed E-state index contributed by atoms with van der Waals surface area (Å²) in [6.45, 7) is 5.23. The smallest absolute Gasteiger partial charge is 0.241 e. The van der Waals surface area contributed by atoms with E-state index in [0.29, 0.717) is 10.8 Å². The molecule has 1 atom stereocenters. The summed E-state index contributed by atoms with van der Waals surface area (Å²) in [5.41, 5.74) is 0.545. The van der Waals surface area contributed by atoms with Crippen LogP contribution in [-0.4, -0.2) is 53.0 Å². The SMILES string of the molecule is C[C@@H](C(=O)Nc1cccnc1Cl)N1CCN(c2ccccn2)CC1. The lowest BCUT2D eigenvalue weighted by molar-refractivity contribution is -0.120. The Morgan fingerprint density at radius 1 is 1.12 bits per heavy atom. The number of carbonyl (C=O) groups excluding carboxylic acids is 1. The van der Waals surface area contributed by atoms with E-state index < -0.39 is 0 Å². The van der Waals surface area contributed by atoms with Crippen molar-refractivity contribution in [2.45, 2.75) is 13.0 Å². The topological polar surface area (TPSA) is 61.4 Å². The number of rotatable bonds is 4. The van der Waals surface area contributed by atoms with Crippen LogP contribution in [0.15, 0.2) is 42.7 Å². The second-order valence-corrected chi connectivity index (χ2v) is 6.08. The Balaban J connectivity index is 1.56. The largest absolute Gasteiger partial charge is 0.354 e. The molecule has 24 heavy (non-hydrogen) atoms. The molecule has 0 aromatic carbocycles. The molecule has 7 heteroatoms. The molecule has 0 radical (unpaired) electrons. The molecule has 1 fully saturated rings. The van der Waals surface area contributed by atoms with Crippen molar-refractivity contribution in [3.63, 3.8) is 0 Å². The molecule has 1 N–H and O–H groups in total. The van der Waals surface area contributed by atoms with Crippen molar-refractivity contribution in [3.05, 3.63) is 47.9 Å². The molecule has 2 aromatic heterocycles. The molecule has 6 nitrogen and oxygen atoms in total. The number of hydrogen-bond donors (Lipinski definition) is 1. The maximum absolute atomic E-state index is 12.5. The van der Waals surface area contributed by atoms with Crippen molar-refractivity contribution in [1.82, 2.24) is 14.9 Å². The highest BCUT2D eigenvalue weighted by molar-refractivity contribution is 6.32. The van der Waals surface area contributed by atoms with Crippen LogP contribution in [-0.2, 0) is 4.79 Å². The molecule has 0 unspecified atom stereocenters. The summed E-state index contributed by atoms with van der Waals surface area (Å²) in [5.74, 6) is 0.910. The Bertz CT molecular complexity index is 688. The van der Waals surface area contributed by atoms with E-state index in [1.165, 1.54) is 0 Å². The lowest BCUT2D eigenvalue weighted by Crippen LogP contribution is -2.53. The summed E-state index contributed by atoms with van der Waals surface area (Å²) in [7, 11) is 0. The van der Waals surface area contributed by atoms with Gasteiger partial charge in [-0.3, -0.25) is 9.69 Å². The zero-order chi connectivity index (χ0) is 16.9. The molecule has 0 bridgehead atoms. The van der Waals surface area contributed by atoms with Gasteiger partial charge in [0, 0.05) is 38.6 Å². The van der Waals surface area contributed by atoms with E-state index in [0.717, 1.165) is 32.0 Å². The van der Waals surface area contributed by atoms with Crippen LogP contribution >= 0.6 is 11.6 Å². The summed E-state index contributed by atoms with van der Waals surface area (Å²) in [6.07, 6.45) is 3.40. The molecule has 3 rings (SSSR count). The first-order valence-corrected chi connectivity index (χ1v) is 8.34. The molecule has 1 aliphatic rings. The second kappa shape index (κ2) is 7.59. The molecule has 1 amide bonds. The van der Waals surface area contributed by atoms with Gasteiger partial charge >= 0.3 is 0 Å². The molecule has 1 saturated heterocycles. The van der Waals surface area contributed by atoms with Gasteiger partial charge in [-0.05, 0) is 31.2 Å². The summed E-state index contributed by atoms with van der Waals surface area (Å²) in [5, 5.41) is 3.15. The van der Waals surface area contributed by atoms with E-state index in [1.807, 2.05) is 25.1 Å². The predicted octanol–water partition coefficient (Wildman–Crippen LogP) is 2.28. The van der Waals surface area contributed by atoms with Gasteiger partial charge in [0.05, 0.1) is 11.7 Å². The lowest BCUT2D eigenvalue weighted by atomic mass is 10.2. The van der Waals surface area contributed by atoms with Gasteiger partial charge in [-0.2, -0.15) is 0 Å². The molecule has 0 aliphatic carbocycles. The summed E-state index contributed by atoms with van der Waals surface area (Å²) >= 11 is 5.99. The van der Waals surface area contributed by atoms with Gasteiger partial charge in [0.15, 0.2) is 5.15 Å². The van der Waals surface area contributed by atoms with Gasteiger partial charge in [0.2, 0.25) is 5.91 Å². The minimum atomic E-state index is -0.229. The molecule has 2 aromatic rings. The number of carbonyl (C=O) groups is 1. The van der Waals surface area contributed by atoms with Crippen molar-refractivity contribution in [3.8, 4) is 0 Å². The minimum absolute atomic E-state index is 0.0730. The van der Waals surface area contributed by atoms with Crippen LogP contribution < -0.4 is 10.2 Å². The van der Waals surface area contributed by atoms with Crippen molar-refractivity contribution in [2.75, 3.05) is 36.4 Å². The number of amides is 1. The fourth-order valence-corrected chi connectivity index (χ4v) is 2.93. The number of pyridine rings is 2. The van der Waals surface area contributed by atoms with E-state index in [4.69, 9.17) is 11.6 Å². The number of nitrogens with zero attached hydrogens (tertiary/aromatic N) is 4. The number of nitrogens with one attached hydrogen (secondary N) is 1. The monoisotopic (exact) mass is 345 g/mol. The van der Waals surface area contributed by atoms with E-state index in [1.54, 1.807) is 24.5 Å². The average molecular weight is 346 g/mol. The van der Waals surface area contributed by atoms with Crippen LogP contribution in [0.2, 0.25) is 5.15 Å². The van der Waals surface area contributed by atoms with E-state index >= 15 is 0 Å². The molecule has 0 spiro atoms. The molecular formula is C17H20ClN5O. The van der Waals surface area contributed by atoms with Gasteiger partial charge in [-0.1, -0.05) is 17.7 Å². The highest BCUT2D eigenvalue weighted by Gasteiger charge is 2.26. The molecule has 126 valence electrons. The zero-order valence-corrected chi connectivity index (χ0v) is 14.3. The Kier molecular flexibility index (Phi) is 5.27. The third-order valence-corrected chi connectivity index (χ3v) is 4.53. The summed E-state index contributed by atoms with van der Waals surface area (Å²) < 4.78 is 0. The molecule has 3 heterocycles. The standard InChI is InChI=1S/C17H20ClN5O/c1-13(17(24)21-14-5-4-8-20-16(14)18)22-9-11-23(12-10-22)15-6-2-3-7-19-15/h2-8,13H,9-12H2,1H3,(H,21,24)/t13-/m0/s1. The Morgan fingerprint density at radius 2 is 1.88 bits per heavy atom.